The molecule has 5 nitrogen and oxygen atoms in total. The summed E-state index contributed by atoms with van der Waals surface area (Å²) in [6, 6.07) is 5.39. The molecule has 2 aromatic rings. The summed E-state index contributed by atoms with van der Waals surface area (Å²) in [6.07, 6.45) is 3.37. The maximum atomic E-state index is 12.2. The van der Waals surface area contributed by atoms with E-state index >= 15 is 0 Å². The zero-order valence-electron chi connectivity index (χ0n) is 11.9. The molecule has 104 valence electrons. The number of rotatable bonds is 4. The zero-order valence-corrected chi connectivity index (χ0v) is 11.9. The molecule has 1 amide bonds. The van der Waals surface area contributed by atoms with Crippen molar-refractivity contribution in [3.63, 3.8) is 0 Å². The summed E-state index contributed by atoms with van der Waals surface area (Å²) in [5, 5.41) is 5.95. The van der Waals surface area contributed by atoms with E-state index in [0.717, 1.165) is 17.8 Å². The lowest BCUT2D eigenvalue weighted by Crippen LogP contribution is -2.13. The van der Waals surface area contributed by atoms with Crippen molar-refractivity contribution in [2.45, 2.75) is 20.8 Å². The fraction of sp³-hybridized carbons (Fsp3) is 0.267. The average Bonchev–Trinajstić information content (AvgIpc) is 2.38. The van der Waals surface area contributed by atoms with Crippen LogP contribution in [0.2, 0.25) is 0 Å². The van der Waals surface area contributed by atoms with Gasteiger partial charge in [0, 0.05) is 24.0 Å². The summed E-state index contributed by atoms with van der Waals surface area (Å²) in [5.74, 6) is 0.544. The summed E-state index contributed by atoms with van der Waals surface area (Å²) in [4.78, 5) is 20.6. The van der Waals surface area contributed by atoms with E-state index in [2.05, 4.69) is 20.6 Å². The molecule has 0 unspecified atom stereocenters. The molecule has 0 bridgehead atoms. The van der Waals surface area contributed by atoms with Gasteiger partial charge in [-0.2, -0.15) is 0 Å². The second-order valence-electron chi connectivity index (χ2n) is 4.62. The Balaban J connectivity index is 2.20. The fourth-order valence-corrected chi connectivity index (χ4v) is 1.90. The van der Waals surface area contributed by atoms with Gasteiger partial charge in [0.05, 0.1) is 11.9 Å². The van der Waals surface area contributed by atoms with Gasteiger partial charge in [-0.25, -0.2) is 4.98 Å². The van der Waals surface area contributed by atoms with E-state index < -0.39 is 0 Å². The van der Waals surface area contributed by atoms with Crippen molar-refractivity contribution < 1.29 is 4.79 Å². The van der Waals surface area contributed by atoms with E-state index in [9.17, 15) is 4.79 Å². The Morgan fingerprint density at radius 2 is 2.00 bits per heavy atom. The Morgan fingerprint density at radius 1 is 1.20 bits per heavy atom. The number of hydrogen-bond donors (Lipinski definition) is 2. The van der Waals surface area contributed by atoms with Gasteiger partial charge in [0.15, 0.2) is 0 Å². The highest BCUT2D eigenvalue weighted by Gasteiger charge is 2.09. The quantitative estimate of drug-likeness (QED) is 0.896. The number of aromatic nitrogens is 2. The molecule has 0 fully saturated rings. The second kappa shape index (κ2) is 6.14. The largest absolute Gasteiger partial charge is 0.370 e. The molecule has 0 spiro atoms. The highest BCUT2D eigenvalue weighted by Crippen LogP contribution is 2.13. The van der Waals surface area contributed by atoms with Crippen LogP contribution in [-0.2, 0) is 0 Å². The highest BCUT2D eigenvalue weighted by atomic mass is 16.1. The van der Waals surface area contributed by atoms with Gasteiger partial charge < -0.3 is 10.6 Å². The molecule has 0 saturated carbocycles. The van der Waals surface area contributed by atoms with Crippen LogP contribution in [0.5, 0.6) is 0 Å². The number of carbonyl (C=O) groups is 1. The van der Waals surface area contributed by atoms with Gasteiger partial charge in [-0.15, -0.1) is 0 Å². The number of anilines is 2. The minimum Gasteiger partial charge on any atom is -0.370 e. The van der Waals surface area contributed by atoms with Crippen molar-refractivity contribution in [3.05, 3.63) is 47.4 Å². The Morgan fingerprint density at radius 3 is 2.70 bits per heavy atom. The van der Waals surface area contributed by atoms with Gasteiger partial charge in [-0.3, -0.25) is 9.78 Å². The lowest BCUT2D eigenvalue weighted by molar-refractivity contribution is 0.102. The van der Waals surface area contributed by atoms with Gasteiger partial charge in [-0.1, -0.05) is 0 Å². The van der Waals surface area contributed by atoms with Crippen LogP contribution in [0, 0.1) is 13.8 Å². The third-order valence-corrected chi connectivity index (χ3v) is 2.71. The normalized spacial score (nSPS) is 10.2. The van der Waals surface area contributed by atoms with Crippen LogP contribution < -0.4 is 10.6 Å². The first-order valence-corrected chi connectivity index (χ1v) is 6.54. The van der Waals surface area contributed by atoms with Gasteiger partial charge in [0.2, 0.25) is 0 Å². The first kappa shape index (κ1) is 14.0. The molecule has 20 heavy (non-hydrogen) atoms. The standard InChI is InChI=1S/C15H18N4O/c1-4-17-14-7-12(6-11(3)18-14)15(20)19-13-5-10(2)8-16-9-13/h5-9H,4H2,1-3H3,(H,17,18)(H,19,20). The van der Waals surface area contributed by atoms with Crippen LogP contribution in [0.4, 0.5) is 11.5 Å². The van der Waals surface area contributed by atoms with Crippen LogP contribution in [-0.4, -0.2) is 22.4 Å². The van der Waals surface area contributed by atoms with Crippen LogP contribution in [0.3, 0.4) is 0 Å². The Bertz CT molecular complexity index is 625. The van der Waals surface area contributed by atoms with E-state index in [-0.39, 0.29) is 5.91 Å². The zero-order chi connectivity index (χ0) is 14.5. The number of nitrogens with zero attached hydrogens (tertiary/aromatic N) is 2. The first-order chi connectivity index (χ1) is 9.58. The first-order valence-electron chi connectivity index (χ1n) is 6.54. The van der Waals surface area contributed by atoms with Crippen molar-refractivity contribution in [2.24, 2.45) is 0 Å². The summed E-state index contributed by atoms with van der Waals surface area (Å²) < 4.78 is 0. The topological polar surface area (TPSA) is 66.9 Å². The number of carbonyl (C=O) groups excluding carboxylic acids is 1. The number of amides is 1. The Hall–Kier alpha value is -2.43. The molecule has 2 aromatic heterocycles. The van der Waals surface area contributed by atoms with E-state index in [1.807, 2.05) is 26.8 Å². The Kier molecular flexibility index (Phi) is 4.30. The maximum absolute atomic E-state index is 12.2. The average molecular weight is 270 g/mol. The van der Waals surface area contributed by atoms with Crippen LogP contribution >= 0.6 is 0 Å². The smallest absolute Gasteiger partial charge is 0.255 e. The Labute approximate surface area is 118 Å². The van der Waals surface area contributed by atoms with E-state index in [4.69, 9.17) is 0 Å². The van der Waals surface area contributed by atoms with Gasteiger partial charge in [0.1, 0.15) is 5.82 Å². The number of pyridine rings is 2. The molecule has 2 N–H and O–H groups in total. The fourth-order valence-electron chi connectivity index (χ4n) is 1.90. The minimum absolute atomic E-state index is 0.165. The van der Waals surface area contributed by atoms with Crippen molar-refractivity contribution in [3.8, 4) is 0 Å². The van der Waals surface area contributed by atoms with Crippen molar-refractivity contribution in [1.82, 2.24) is 9.97 Å². The van der Waals surface area contributed by atoms with Gasteiger partial charge >= 0.3 is 0 Å². The van der Waals surface area contributed by atoms with Crippen LogP contribution in [0.15, 0.2) is 30.6 Å². The van der Waals surface area contributed by atoms with Crippen molar-refractivity contribution >= 4 is 17.4 Å². The molecule has 0 aromatic carbocycles. The molecular weight excluding hydrogens is 252 g/mol. The maximum Gasteiger partial charge on any atom is 0.255 e. The summed E-state index contributed by atoms with van der Waals surface area (Å²) in [5.41, 5.74) is 3.07. The predicted octanol–water partition coefficient (Wildman–Crippen LogP) is 2.78. The van der Waals surface area contributed by atoms with E-state index in [1.54, 1.807) is 24.5 Å². The number of hydrogen-bond acceptors (Lipinski definition) is 4. The number of aryl methyl sites for hydroxylation is 2. The SMILES string of the molecule is CCNc1cc(C(=O)Nc2cncc(C)c2)cc(C)n1. The molecule has 0 aliphatic rings. The monoisotopic (exact) mass is 270 g/mol. The lowest BCUT2D eigenvalue weighted by Gasteiger charge is -2.09. The molecule has 0 atom stereocenters. The van der Waals surface area contributed by atoms with Gasteiger partial charge in [0.25, 0.3) is 5.91 Å². The third-order valence-electron chi connectivity index (χ3n) is 2.71. The van der Waals surface area contributed by atoms with Crippen molar-refractivity contribution in [2.75, 3.05) is 17.2 Å². The molecule has 0 radical (unpaired) electrons. The lowest BCUT2D eigenvalue weighted by atomic mass is 10.2. The summed E-state index contributed by atoms with van der Waals surface area (Å²) in [6.45, 7) is 6.55. The second-order valence-corrected chi connectivity index (χ2v) is 4.62. The highest BCUT2D eigenvalue weighted by molar-refractivity contribution is 6.04. The molecule has 0 aliphatic carbocycles. The molecule has 2 rings (SSSR count). The predicted molar refractivity (Wildman–Crippen MR) is 80.1 cm³/mol. The summed E-state index contributed by atoms with van der Waals surface area (Å²) in [7, 11) is 0. The van der Waals surface area contributed by atoms with Crippen molar-refractivity contribution in [1.29, 1.82) is 0 Å². The summed E-state index contributed by atoms with van der Waals surface area (Å²) >= 11 is 0. The van der Waals surface area contributed by atoms with E-state index in [0.29, 0.717) is 17.1 Å². The van der Waals surface area contributed by atoms with E-state index in [1.165, 1.54) is 0 Å². The van der Waals surface area contributed by atoms with Gasteiger partial charge in [-0.05, 0) is 44.5 Å². The molecular formula is C15H18N4O. The van der Waals surface area contributed by atoms with Crippen LogP contribution in [0.25, 0.3) is 0 Å². The third kappa shape index (κ3) is 3.54. The minimum atomic E-state index is -0.165. The molecule has 0 aliphatic heterocycles. The molecule has 0 saturated heterocycles. The number of nitrogens with one attached hydrogen (secondary N) is 2. The van der Waals surface area contributed by atoms with Crippen LogP contribution in [0.1, 0.15) is 28.5 Å². The molecule has 5 heteroatoms. The molecule has 2 heterocycles.